The topological polar surface area (TPSA) is 63.9 Å². The average Bonchev–Trinajstić information content (AvgIpc) is 3.31. The highest BCUT2D eigenvalue weighted by atomic mass is 19.1. The second kappa shape index (κ2) is 7.26. The molecule has 0 unspecified atom stereocenters. The first-order valence-electron chi connectivity index (χ1n) is 8.93. The molecule has 0 spiro atoms. The summed E-state index contributed by atoms with van der Waals surface area (Å²) in [6.45, 7) is 1.33. The van der Waals surface area contributed by atoms with Crippen LogP contribution in [0.5, 0.6) is 0 Å². The number of hydrogen-bond donors (Lipinski definition) is 0. The molecular weight excluding hydrogens is 345 g/mol. The van der Waals surface area contributed by atoms with Crippen molar-refractivity contribution in [3.05, 3.63) is 66.1 Å². The quantitative estimate of drug-likeness (QED) is 0.713. The molecule has 6 nitrogen and oxygen atoms in total. The van der Waals surface area contributed by atoms with Crippen LogP contribution >= 0.6 is 0 Å². The van der Waals surface area contributed by atoms with Crippen LogP contribution in [0.4, 0.5) is 4.39 Å². The normalized spacial score (nSPS) is 16.7. The van der Waals surface area contributed by atoms with E-state index in [-0.39, 0.29) is 11.7 Å². The second-order valence-corrected chi connectivity index (χ2v) is 6.88. The molecule has 0 N–H and O–H groups in total. The average molecular weight is 365 g/mol. The van der Waals surface area contributed by atoms with E-state index >= 15 is 0 Å². The molecule has 0 saturated carbocycles. The molecular formula is C20H20FN5O. The fourth-order valence-corrected chi connectivity index (χ4v) is 3.47. The highest BCUT2D eigenvalue weighted by molar-refractivity contribution is 5.94. The summed E-state index contributed by atoms with van der Waals surface area (Å²) in [7, 11) is 1.92. The van der Waals surface area contributed by atoms with E-state index in [0.717, 1.165) is 30.1 Å². The minimum absolute atomic E-state index is 0.117. The van der Waals surface area contributed by atoms with E-state index in [4.69, 9.17) is 0 Å². The van der Waals surface area contributed by atoms with Crippen molar-refractivity contribution in [3.8, 4) is 11.5 Å². The largest absolute Gasteiger partial charge is 0.338 e. The fraction of sp³-hybridized carbons (Fsp3) is 0.300. The van der Waals surface area contributed by atoms with Gasteiger partial charge in [-0.2, -0.15) is 0 Å². The Hall–Kier alpha value is -3.09. The van der Waals surface area contributed by atoms with Crippen LogP contribution in [-0.2, 0) is 13.5 Å². The van der Waals surface area contributed by atoms with Crippen molar-refractivity contribution in [2.45, 2.75) is 12.8 Å². The fourth-order valence-electron chi connectivity index (χ4n) is 3.47. The molecule has 3 heterocycles. The van der Waals surface area contributed by atoms with E-state index in [1.807, 2.05) is 17.8 Å². The zero-order valence-corrected chi connectivity index (χ0v) is 15.0. The van der Waals surface area contributed by atoms with Crippen molar-refractivity contribution in [2.24, 2.45) is 13.0 Å². The third-order valence-electron chi connectivity index (χ3n) is 4.90. The van der Waals surface area contributed by atoms with Crippen LogP contribution in [-0.4, -0.2) is 43.4 Å². The SMILES string of the molecule is Cn1ccnc1-c1cnc(C[C@H]2CCN(C(=O)c3cccc(F)c3)C2)cn1. The number of carbonyl (C=O) groups is 1. The lowest BCUT2D eigenvalue weighted by Crippen LogP contribution is -2.29. The molecule has 0 bridgehead atoms. The maximum Gasteiger partial charge on any atom is 0.253 e. The summed E-state index contributed by atoms with van der Waals surface area (Å²) in [5.41, 5.74) is 2.04. The highest BCUT2D eigenvalue weighted by Crippen LogP contribution is 2.22. The summed E-state index contributed by atoms with van der Waals surface area (Å²) in [6.07, 6.45) is 8.79. The number of rotatable bonds is 4. The van der Waals surface area contributed by atoms with Gasteiger partial charge in [-0.1, -0.05) is 6.07 Å². The first kappa shape index (κ1) is 17.3. The predicted molar refractivity (Wildman–Crippen MR) is 98.3 cm³/mol. The molecule has 138 valence electrons. The zero-order valence-electron chi connectivity index (χ0n) is 15.0. The third-order valence-corrected chi connectivity index (χ3v) is 4.90. The maximum atomic E-state index is 13.3. The minimum atomic E-state index is -0.389. The van der Waals surface area contributed by atoms with Gasteiger partial charge in [0.05, 0.1) is 11.9 Å². The molecule has 1 amide bonds. The van der Waals surface area contributed by atoms with Crippen molar-refractivity contribution < 1.29 is 9.18 Å². The van der Waals surface area contributed by atoms with Crippen molar-refractivity contribution in [3.63, 3.8) is 0 Å². The van der Waals surface area contributed by atoms with Gasteiger partial charge in [0.15, 0.2) is 5.82 Å². The number of halogens is 1. The van der Waals surface area contributed by atoms with Gasteiger partial charge >= 0.3 is 0 Å². The van der Waals surface area contributed by atoms with Gasteiger partial charge in [-0.25, -0.2) is 14.4 Å². The van der Waals surface area contributed by atoms with E-state index in [1.165, 1.54) is 12.1 Å². The first-order chi connectivity index (χ1) is 13.1. The number of nitrogens with zero attached hydrogens (tertiary/aromatic N) is 5. The second-order valence-electron chi connectivity index (χ2n) is 6.88. The summed E-state index contributed by atoms with van der Waals surface area (Å²) < 4.78 is 15.2. The Morgan fingerprint density at radius 1 is 1.26 bits per heavy atom. The lowest BCUT2D eigenvalue weighted by atomic mass is 10.0. The Balaban J connectivity index is 1.38. The number of benzene rings is 1. The van der Waals surface area contributed by atoms with E-state index in [0.29, 0.717) is 24.6 Å². The summed E-state index contributed by atoms with van der Waals surface area (Å²) >= 11 is 0. The summed E-state index contributed by atoms with van der Waals surface area (Å²) in [5, 5.41) is 0. The van der Waals surface area contributed by atoms with Gasteiger partial charge in [-0.05, 0) is 37.0 Å². The van der Waals surface area contributed by atoms with E-state index in [1.54, 1.807) is 35.6 Å². The van der Waals surface area contributed by atoms with Crippen LogP contribution in [0.2, 0.25) is 0 Å². The molecule has 7 heteroatoms. The van der Waals surface area contributed by atoms with Crippen molar-refractivity contribution in [2.75, 3.05) is 13.1 Å². The number of carbonyl (C=O) groups excluding carboxylic acids is 1. The number of aromatic nitrogens is 4. The summed E-state index contributed by atoms with van der Waals surface area (Å²) in [6, 6.07) is 5.85. The Morgan fingerprint density at radius 3 is 2.85 bits per heavy atom. The van der Waals surface area contributed by atoms with Gasteiger partial charge in [0.2, 0.25) is 0 Å². The minimum Gasteiger partial charge on any atom is -0.338 e. The smallest absolute Gasteiger partial charge is 0.253 e. The van der Waals surface area contributed by atoms with Crippen LogP contribution < -0.4 is 0 Å². The van der Waals surface area contributed by atoms with Gasteiger partial charge in [-0.3, -0.25) is 9.78 Å². The number of imidazole rings is 1. The van der Waals surface area contributed by atoms with E-state index in [9.17, 15) is 9.18 Å². The number of likely N-dealkylation sites (tertiary alicyclic amines) is 1. The molecule has 3 aromatic rings. The standard InChI is InChI=1S/C20H20FN5O/c1-25-8-6-22-19(25)18-12-23-17(11-24-18)9-14-5-7-26(13-14)20(27)15-3-2-4-16(21)10-15/h2-4,6,8,10-12,14H,5,7,9,13H2,1H3/t14-/m1/s1. The van der Waals surface area contributed by atoms with Crippen molar-refractivity contribution in [1.29, 1.82) is 0 Å². The van der Waals surface area contributed by atoms with Gasteiger partial charge < -0.3 is 9.47 Å². The lowest BCUT2D eigenvalue weighted by molar-refractivity contribution is 0.0786. The van der Waals surface area contributed by atoms with Crippen molar-refractivity contribution in [1.82, 2.24) is 24.4 Å². The molecule has 1 fully saturated rings. The van der Waals surface area contributed by atoms with Crippen LogP contribution in [0.1, 0.15) is 22.5 Å². The summed E-state index contributed by atoms with van der Waals surface area (Å²) in [4.78, 5) is 27.6. The van der Waals surface area contributed by atoms with Crippen LogP contribution in [0.15, 0.2) is 49.1 Å². The van der Waals surface area contributed by atoms with Gasteiger partial charge in [0, 0.05) is 44.3 Å². The molecule has 0 aliphatic carbocycles. The number of amides is 1. The highest BCUT2D eigenvalue weighted by Gasteiger charge is 2.27. The molecule has 27 heavy (non-hydrogen) atoms. The van der Waals surface area contributed by atoms with E-state index in [2.05, 4.69) is 15.0 Å². The Labute approximate surface area is 156 Å². The number of aryl methyl sites for hydroxylation is 1. The molecule has 1 aromatic carbocycles. The van der Waals surface area contributed by atoms with Gasteiger partial charge in [0.25, 0.3) is 5.91 Å². The van der Waals surface area contributed by atoms with E-state index < -0.39 is 0 Å². The Bertz CT molecular complexity index is 953. The molecule has 1 saturated heterocycles. The van der Waals surface area contributed by atoms with Gasteiger partial charge in [-0.15, -0.1) is 0 Å². The molecule has 1 atom stereocenters. The van der Waals surface area contributed by atoms with Crippen LogP contribution in [0.25, 0.3) is 11.5 Å². The summed E-state index contributed by atoms with van der Waals surface area (Å²) in [5.74, 6) is 0.602. The first-order valence-corrected chi connectivity index (χ1v) is 8.93. The molecule has 1 aliphatic rings. The zero-order chi connectivity index (χ0) is 18.8. The molecule has 4 rings (SSSR count). The Kier molecular flexibility index (Phi) is 4.66. The van der Waals surface area contributed by atoms with Crippen LogP contribution in [0, 0.1) is 11.7 Å². The number of hydrogen-bond acceptors (Lipinski definition) is 4. The molecule has 0 radical (unpaired) electrons. The van der Waals surface area contributed by atoms with Crippen LogP contribution in [0.3, 0.4) is 0 Å². The van der Waals surface area contributed by atoms with Gasteiger partial charge in [0.1, 0.15) is 11.5 Å². The molecule has 2 aromatic heterocycles. The monoisotopic (exact) mass is 365 g/mol. The predicted octanol–water partition coefficient (Wildman–Crippen LogP) is 2.72. The third kappa shape index (κ3) is 3.72. The lowest BCUT2D eigenvalue weighted by Gasteiger charge is -2.16. The Morgan fingerprint density at radius 2 is 2.15 bits per heavy atom. The van der Waals surface area contributed by atoms with Crippen molar-refractivity contribution >= 4 is 5.91 Å². The maximum absolute atomic E-state index is 13.3. The molecule has 1 aliphatic heterocycles.